The number of aliphatic carboxylic acids is 1. The molecule has 22 heavy (non-hydrogen) atoms. The Labute approximate surface area is 130 Å². The number of carbonyl (C=O) groups is 2. The van der Waals surface area contributed by atoms with Crippen LogP contribution in [-0.4, -0.2) is 32.3 Å². The third kappa shape index (κ3) is 3.00. The molecule has 0 spiro atoms. The van der Waals surface area contributed by atoms with Gasteiger partial charge in [-0.1, -0.05) is 26.7 Å². The summed E-state index contributed by atoms with van der Waals surface area (Å²) in [5.41, 5.74) is 0.107. The van der Waals surface area contributed by atoms with Crippen LogP contribution in [0, 0.1) is 6.92 Å². The Kier molecular flexibility index (Phi) is 4.88. The number of hydrogen-bond acceptors (Lipinski definition) is 3. The number of carboxylic acid groups (broad SMARTS) is 1. The minimum Gasteiger partial charge on any atom is -0.480 e. The lowest BCUT2D eigenvalue weighted by Crippen LogP contribution is -2.52. The van der Waals surface area contributed by atoms with Crippen LogP contribution in [0.4, 0.5) is 0 Å². The molecule has 122 valence electrons. The summed E-state index contributed by atoms with van der Waals surface area (Å²) in [4.78, 5) is 23.9. The van der Waals surface area contributed by atoms with E-state index in [1.807, 2.05) is 11.6 Å². The van der Waals surface area contributed by atoms with E-state index in [0.717, 1.165) is 31.4 Å². The van der Waals surface area contributed by atoms with Crippen LogP contribution in [0.3, 0.4) is 0 Å². The largest absolute Gasteiger partial charge is 0.480 e. The van der Waals surface area contributed by atoms with E-state index < -0.39 is 17.4 Å². The van der Waals surface area contributed by atoms with E-state index in [9.17, 15) is 14.7 Å². The van der Waals surface area contributed by atoms with Gasteiger partial charge in [0.1, 0.15) is 11.2 Å². The van der Waals surface area contributed by atoms with Gasteiger partial charge in [0.05, 0.1) is 6.04 Å². The van der Waals surface area contributed by atoms with Gasteiger partial charge in [0.2, 0.25) is 0 Å². The second kappa shape index (κ2) is 6.50. The van der Waals surface area contributed by atoms with Crippen molar-refractivity contribution in [3.05, 3.63) is 17.5 Å². The number of rotatable bonds is 6. The summed E-state index contributed by atoms with van der Waals surface area (Å²) in [6, 6.07) is 2.00. The Bertz CT molecular complexity index is 555. The Morgan fingerprint density at radius 3 is 2.45 bits per heavy atom. The highest BCUT2D eigenvalue weighted by atomic mass is 16.4. The quantitative estimate of drug-likeness (QED) is 0.846. The van der Waals surface area contributed by atoms with E-state index in [0.29, 0.717) is 18.5 Å². The van der Waals surface area contributed by atoms with Gasteiger partial charge >= 0.3 is 5.97 Å². The van der Waals surface area contributed by atoms with Crippen molar-refractivity contribution in [1.82, 2.24) is 15.1 Å². The fourth-order valence-electron chi connectivity index (χ4n) is 3.26. The van der Waals surface area contributed by atoms with Gasteiger partial charge in [-0.15, -0.1) is 0 Å². The molecule has 1 aromatic rings. The summed E-state index contributed by atoms with van der Waals surface area (Å²) in [5, 5.41) is 16.5. The summed E-state index contributed by atoms with van der Waals surface area (Å²) in [6.07, 6.45) is 4.51. The maximum Gasteiger partial charge on any atom is 0.329 e. The summed E-state index contributed by atoms with van der Waals surface area (Å²) in [5.74, 6) is -1.34. The van der Waals surface area contributed by atoms with Gasteiger partial charge in [-0.3, -0.25) is 9.48 Å². The van der Waals surface area contributed by atoms with E-state index in [4.69, 9.17) is 0 Å². The highest BCUT2D eigenvalue weighted by Crippen LogP contribution is 2.30. The fourth-order valence-corrected chi connectivity index (χ4v) is 3.26. The van der Waals surface area contributed by atoms with E-state index in [-0.39, 0.29) is 6.04 Å². The first-order valence-electron chi connectivity index (χ1n) is 8.05. The van der Waals surface area contributed by atoms with E-state index >= 15 is 0 Å². The lowest BCUT2D eigenvalue weighted by atomic mass is 9.97. The number of hydrogen-bond donors (Lipinski definition) is 2. The van der Waals surface area contributed by atoms with Gasteiger partial charge in [-0.05, 0) is 38.7 Å². The van der Waals surface area contributed by atoms with Crippen molar-refractivity contribution in [2.75, 3.05) is 0 Å². The third-order valence-corrected chi connectivity index (χ3v) is 4.66. The van der Waals surface area contributed by atoms with E-state index in [1.165, 1.54) is 0 Å². The molecule has 2 rings (SSSR count). The molecular formula is C16H25N3O3. The average molecular weight is 307 g/mol. The lowest BCUT2D eigenvalue weighted by Gasteiger charge is -2.24. The van der Waals surface area contributed by atoms with Crippen LogP contribution in [0.25, 0.3) is 0 Å². The maximum atomic E-state index is 12.4. The monoisotopic (exact) mass is 307 g/mol. The molecule has 1 fully saturated rings. The molecule has 6 nitrogen and oxygen atoms in total. The molecule has 0 saturated heterocycles. The smallest absolute Gasteiger partial charge is 0.329 e. The van der Waals surface area contributed by atoms with Gasteiger partial charge in [0.25, 0.3) is 5.91 Å². The van der Waals surface area contributed by atoms with Crippen molar-refractivity contribution in [2.24, 2.45) is 0 Å². The molecule has 1 aliphatic rings. The van der Waals surface area contributed by atoms with Crippen molar-refractivity contribution in [3.63, 3.8) is 0 Å². The summed E-state index contributed by atoms with van der Waals surface area (Å²) in [7, 11) is 0. The number of nitrogens with zero attached hydrogens (tertiary/aromatic N) is 2. The van der Waals surface area contributed by atoms with Crippen LogP contribution < -0.4 is 5.32 Å². The first-order chi connectivity index (χ1) is 10.4. The van der Waals surface area contributed by atoms with Crippen LogP contribution >= 0.6 is 0 Å². The topological polar surface area (TPSA) is 84.2 Å². The molecule has 0 radical (unpaired) electrons. The summed E-state index contributed by atoms with van der Waals surface area (Å²) < 4.78 is 1.87. The zero-order valence-electron chi connectivity index (χ0n) is 13.6. The molecule has 0 aliphatic heterocycles. The molecule has 0 atom stereocenters. The minimum atomic E-state index is -1.12. The first-order valence-corrected chi connectivity index (χ1v) is 8.05. The van der Waals surface area contributed by atoms with Gasteiger partial charge < -0.3 is 10.4 Å². The SMILES string of the molecule is CCC(CC)n1nc(C(=O)NC2(C(=O)O)CCCC2)cc1C. The second-order valence-corrected chi connectivity index (χ2v) is 6.13. The third-order valence-electron chi connectivity index (χ3n) is 4.66. The number of aryl methyl sites for hydroxylation is 1. The lowest BCUT2D eigenvalue weighted by molar-refractivity contribution is -0.144. The second-order valence-electron chi connectivity index (χ2n) is 6.13. The molecular weight excluding hydrogens is 282 g/mol. The van der Waals surface area contributed by atoms with Crippen LogP contribution in [0.1, 0.15) is 74.6 Å². The van der Waals surface area contributed by atoms with Crippen molar-refractivity contribution in [3.8, 4) is 0 Å². The van der Waals surface area contributed by atoms with Crippen LogP contribution in [-0.2, 0) is 4.79 Å². The van der Waals surface area contributed by atoms with Crippen molar-refractivity contribution < 1.29 is 14.7 Å². The highest BCUT2D eigenvalue weighted by Gasteiger charge is 2.43. The van der Waals surface area contributed by atoms with Crippen molar-refractivity contribution in [2.45, 2.75) is 70.9 Å². The maximum absolute atomic E-state index is 12.4. The number of aromatic nitrogens is 2. The number of amides is 1. The first kappa shape index (κ1) is 16.5. The standard InChI is InChI=1S/C16H25N3O3/c1-4-12(5-2)19-11(3)10-13(18-19)14(20)17-16(15(21)22)8-6-7-9-16/h10,12H,4-9H2,1-3H3,(H,17,20)(H,21,22). The van der Waals surface area contributed by atoms with Crippen LogP contribution in [0.5, 0.6) is 0 Å². The molecule has 1 heterocycles. The zero-order chi connectivity index (χ0) is 16.3. The number of carboxylic acids is 1. The van der Waals surface area contributed by atoms with E-state index in [1.54, 1.807) is 6.07 Å². The predicted molar refractivity (Wildman–Crippen MR) is 82.9 cm³/mol. The molecule has 0 unspecified atom stereocenters. The van der Waals surface area contributed by atoms with Crippen molar-refractivity contribution in [1.29, 1.82) is 0 Å². The fraction of sp³-hybridized carbons (Fsp3) is 0.688. The number of nitrogens with one attached hydrogen (secondary N) is 1. The molecule has 1 aromatic heterocycles. The normalized spacial score (nSPS) is 16.9. The van der Waals surface area contributed by atoms with Crippen LogP contribution in [0.15, 0.2) is 6.07 Å². The predicted octanol–water partition coefficient (Wildman–Crippen LogP) is 2.68. The Morgan fingerprint density at radius 2 is 1.95 bits per heavy atom. The Morgan fingerprint density at radius 1 is 1.36 bits per heavy atom. The average Bonchev–Trinajstić information content (AvgIpc) is 3.09. The molecule has 0 bridgehead atoms. The molecule has 6 heteroatoms. The summed E-state index contributed by atoms with van der Waals surface area (Å²) >= 11 is 0. The van der Waals surface area contributed by atoms with E-state index in [2.05, 4.69) is 24.3 Å². The van der Waals surface area contributed by atoms with Gasteiger partial charge in [-0.2, -0.15) is 5.10 Å². The van der Waals surface area contributed by atoms with Crippen LogP contribution in [0.2, 0.25) is 0 Å². The molecule has 1 amide bonds. The molecule has 1 aliphatic carbocycles. The number of carbonyl (C=O) groups excluding carboxylic acids is 1. The van der Waals surface area contributed by atoms with Crippen molar-refractivity contribution >= 4 is 11.9 Å². The Balaban J connectivity index is 2.20. The minimum absolute atomic E-state index is 0.265. The Hall–Kier alpha value is -1.85. The molecule has 0 aromatic carbocycles. The highest BCUT2D eigenvalue weighted by molar-refractivity contribution is 5.96. The van der Waals surface area contributed by atoms with Gasteiger partial charge in [0.15, 0.2) is 0 Å². The molecule has 2 N–H and O–H groups in total. The molecule has 1 saturated carbocycles. The summed E-state index contributed by atoms with van der Waals surface area (Å²) in [6.45, 7) is 6.10. The van der Waals surface area contributed by atoms with Gasteiger partial charge in [0, 0.05) is 5.69 Å². The van der Waals surface area contributed by atoms with Gasteiger partial charge in [-0.25, -0.2) is 4.79 Å². The zero-order valence-corrected chi connectivity index (χ0v) is 13.6.